The lowest BCUT2D eigenvalue weighted by atomic mass is 9.95. The molecule has 0 aliphatic rings. The maximum atomic E-state index is 14.0. The number of Topliss-reactive ketones (excluding diaryl/α,β-unsaturated/α-hetero) is 1. The van der Waals surface area contributed by atoms with Gasteiger partial charge in [0.15, 0.2) is 11.5 Å². The van der Waals surface area contributed by atoms with Gasteiger partial charge in [-0.05, 0) is 31.5 Å². The summed E-state index contributed by atoms with van der Waals surface area (Å²) >= 11 is 0. The number of benzene rings is 1. The van der Waals surface area contributed by atoms with Crippen LogP contribution in [-0.4, -0.2) is 31.1 Å². The second kappa shape index (κ2) is 5.26. The van der Waals surface area contributed by atoms with Gasteiger partial charge in [0.1, 0.15) is 5.67 Å². The van der Waals surface area contributed by atoms with Gasteiger partial charge in [-0.3, -0.25) is 4.79 Å². The third-order valence-corrected chi connectivity index (χ3v) is 2.60. The Balaban J connectivity index is 3.58. The summed E-state index contributed by atoms with van der Waals surface area (Å²) in [4.78, 5) is 22.4. The molecule has 0 amide bonds. The summed E-state index contributed by atoms with van der Waals surface area (Å²) in [5.74, 6) is -2.74. The average Bonchev–Trinajstić information content (AvgIpc) is 2.34. The zero-order valence-electron chi connectivity index (χ0n) is 11.1. The van der Waals surface area contributed by atoms with Gasteiger partial charge in [-0.1, -0.05) is 0 Å². The number of alkyl halides is 1. The van der Waals surface area contributed by atoms with Crippen LogP contribution in [0.4, 0.5) is 4.39 Å². The minimum Gasteiger partial charge on any atom is -0.493 e. The van der Waals surface area contributed by atoms with Crippen molar-refractivity contribution in [2.75, 3.05) is 14.2 Å². The van der Waals surface area contributed by atoms with E-state index in [2.05, 4.69) is 0 Å². The topological polar surface area (TPSA) is 72.8 Å². The van der Waals surface area contributed by atoms with Gasteiger partial charge in [-0.2, -0.15) is 0 Å². The molecule has 1 N–H and O–H groups in total. The van der Waals surface area contributed by atoms with Crippen LogP contribution in [0.3, 0.4) is 0 Å². The molecule has 0 spiro atoms. The fourth-order valence-corrected chi connectivity index (χ4v) is 1.59. The van der Waals surface area contributed by atoms with E-state index < -0.39 is 17.4 Å². The molecule has 0 saturated heterocycles. The summed E-state index contributed by atoms with van der Waals surface area (Å²) in [5, 5.41) is 8.77. The lowest BCUT2D eigenvalue weighted by molar-refractivity contribution is -0.131. The smallest absolute Gasteiger partial charge is 0.377 e. The minimum absolute atomic E-state index is 0.0251. The normalized spacial score (nSPS) is 11.0. The van der Waals surface area contributed by atoms with Crippen molar-refractivity contribution < 1.29 is 28.6 Å². The summed E-state index contributed by atoms with van der Waals surface area (Å²) in [7, 11) is 2.60. The van der Waals surface area contributed by atoms with Crippen molar-refractivity contribution in [2.24, 2.45) is 0 Å². The van der Waals surface area contributed by atoms with Crippen LogP contribution in [0.2, 0.25) is 0 Å². The molecule has 6 heteroatoms. The molecule has 0 fully saturated rings. The molecule has 0 aliphatic heterocycles. The van der Waals surface area contributed by atoms with Crippen molar-refractivity contribution >= 4 is 11.8 Å². The van der Waals surface area contributed by atoms with Crippen molar-refractivity contribution in [3.05, 3.63) is 23.3 Å². The fourth-order valence-electron chi connectivity index (χ4n) is 1.59. The van der Waals surface area contributed by atoms with E-state index in [1.807, 2.05) is 0 Å². The monoisotopic (exact) mass is 270 g/mol. The number of hydrogen-bond acceptors (Lipinski definition) is 4. The van der Waals surface area contributed by atoms with Gasteiger partial charge in [0.25, 0.3) is 5.78 Å². The van der Waals surface area contributed by atoms with E-state index >= 15 is 0 Å². The lowest BCUT2D eigenvalue weighted by Gasteiger charge is -2.19. The number of methoxy groups -OCH3 is 2. The predicted octanol–water partition coefficient (Wildman–Crippen LogP) is 2.18. The average molecular weight is 270 g/mol. The molecular formula is C13H15FO5. The van der Waals surface area contributed by atoms with Crippen LogP contribution < -0.4 is 9.47 Å². The van der Waals surface area contributed by atoms with Gasteiger partial charge in [-0.25, -0.2) is 9.18 Å². The second-order valence-electron chi connectivity index (χ2n) is 4.37. The van der Waals surface area contributed by atoms with Crippen LogP contribution in [0.1, 0.15) is 29.8 Å². The summed E-state index contributed by atoms with van der Waals surface area (Å²) in [6.07, 6.45) is 0. The van der Waals surface area contributed by atoms with Crippen LogP contribution in [0.15, 0.2) is 12.1 Å². The van der Waals surface area contributed by atoms with Crippen LogP contribution >= 0.6 is 0 Å². The van der Waals surface area contributed by atoms with Gasteiger partial charge >= 0.3 is 5.97 Å². The number of hydrogen-bond donors (Lipinski definition) is 1. The Kier molecular flexibility index (Phi) is 4.14. The molecule has 0 aromatic heterocycles. The van der Waals surface area contributed by atoms with Crippen molar-refractivity contribution in [3.8, 4) is 11.5 Å². The lowest BCUT2D eigenvalue weighted by Crippen LogP contribution is -2.17. The predicted molar refractivity (Wildman–Crippen MR) is 65.6 cm³/mol. The van der Waals surface area contributed by atoms with Gasteiger partial charge < -0.3 is 14.6 Å². The first-order valence-corrected chi connectivity index (χ1v) is 5.45. The third kappa shape index (κ3) is 3.01. The Hall–Kier alpha value is -2.11. The first kappa shape index (κ1) is 14.9. The van der Waals surface area contributed by atoms with Crippen molar-refractivity contribution in [1.29, 1.82) is 0 Å². The van der Waals surface area contributed by atoms with E-state index in [4.69, 9.17) is 14.6 Å². The van der Waals surface area contributed by atoms with E-state index in [9.17, 15) is 14.0 Å². The Morgan fingerprint density at radius 3 is 2.16 bits per heavy atom. The number of carbonyl (C=O) groups excluding carboxylic acids is 1. The van der Waals surface area contributed by atoms with Crippen molar-refractivity contribution in [1.82, 2.24) is 0 Å². The van der Waals surface area contributed by atoms with Gasteiger partial charge in [-0.15, -0.1) is 0 Å². The molecule has 0 atom stereocenters. The van der Waals surface area contributed by atoms with Crippen LogP contribution in [0.5, 0.6) is 11.5 Å². The zero-order chi connectivity index (χ0) is 14.8. The highest BCUT2D eigenvalue weighted by Gasteiger charge is 2.28. The van der Waals surface area contributed by atoms with E-state index in [-0.39, 0.29) is 22.6 Å². The van der Waals surface area contributed by atoms with E-state index in [0.717, 1.165) is 6.07 Å². The number of rotatable bonds is 5. The zero-order valence-corrected chi connectivity index (χ0v) is 11.1. The molecular weight excluding hydrogens is 255 g/mol. The molecule has 0 unspecified atom stereocenters. The van der Waals surface area contributed by atoms with Crippen molar-refractivity contribution in [2.45, 2.75) is 19.5 Å². The van der Waals surface area contributed by atoms with Crippen LogP contribution in [0.25, 0.3) is 0 Å². The number of halogens is 1. The summed E-state index contributed by atoms with van der Waals surface area (Å²) < 4.78 is 23.9. The Morgan fingerprint density at radius 1 is 1.21 bits per heavy atom. The first-order chi connectivity index (χ1) is 8.72. The SMILES string of the molecule is COc1cc(C(C)(C)F)cc(C(=O)C(=O)O)c1OC. The van der Waals surface area contributed by atoms with E-state index in [0.29, 0.717) is 0 Å². The maximum Gasteiger partial charge on any atom is 0.377 e. The number of ether oxygens (including phenoxy) is 2. The van der Waals surface area contributed by atoms with E-state index in [1.54, 1.807) is 0 Å². The highest BCUT2D eigenvalue weighted by molar-refractivity contribution is 6.40. The standard InChI is InChI=1S/C13H15FO5/c1-13(2,14)7-5-8(10(15)12(16)17)11(19-4)9(6-7)18-3/h5-6H,1-4H3,(H,16,17). The largest absolute Gasteiger partial charge is 0.493 e. The van der Waals surface area contributed by atoms with E-state index in [1.165, 1.54) is 34.1 Å². The molecule has 1 rings (SSSR count). The molecule has 1 aromatic carbocycles. The molecule has 0 heterocycles. The molecule has 0 bridgehead atoms. The minimum atomic E-state index is -1.74. The number of aliphatic carboxylic acids is 1. The van der Waals surface area contributed by atoms with Crippen LogP contribution in [-0.2, 0) is 10.5 Å². The summed E-state index contributed by atoms with van der Waals surface area (Å²) in [5.41, 5.74) is -1.85. The second-order valence-corrected chi connectivity index (χ2v) is 4.37. The number of ketones is 1. The Bertz CT molecular complexity index is 517. The molecule has 1 aromatic rings. The van der Waals surface area contributed by atoms with Gasteiger partial charge in [0.2, 0.25) is 0 Å². The summed E-state index contributed by atoms with van der Waals surface area (Å²) in [6.45, 7) is 2.59. The van der Waals surface area contributed by atoms with Crippen LogP contribution in [0, 0.1) is 0 Å². The number of carbonyl (C=O) groups is 2. The molecule has 0 radical (unpaired) electrons. The van der Waals surface area contributed by atoms with Gasteiger partial charge in [0.05, 0.1) is 19.8 Å². The molecule has 104 valence electrons. The quantitative estimate of drug-likeness (QED) is 0.655. The third-order valence-electron chi connectivity index (χ3n) is 2.60. The Morgan fingerprint density at radius 2 is 1.79 bits per heavy atom. The fraction of sp³-hybridized carbons (Fsp3) is 0.385. The number of carboxylic acids is 1. The molecule has 19 heavy (non-hydrogen) atoms. The Labute approximate surface area is 109 Å². The van der Waals surface area contributed by atoms with Gasteiger partial charge in [0, 0.05) is 0 Å². The highest BCUT2D eigenvalue weighted by atomic mass is 19.1. The maximum absolute atomic E-state index is 14.0. The number of carboxylic acid groups (broad SMARTS) is 1. The molecule has 0 saturated carbocycles. The first-order valence-electron chi connectivity index (χ1n) is 5.45. The highest BCUT2D eigenvalue weighted by Crippen LogP contribution is 2.37. The van der Waals surface area contributed by atoms with Crippen molar-refractivity contribution in [3.63, 3.8) is 0 Å². The summed E-state index contributed by atoms with van der Waals surface area (Å²) in [6, 6.07) is 2.54. The molecule has 0 aliphatic carbocycles. The molecule has 5 nitrogen and oxygen atoms in total.